The first kappa shape index (κ1) is 12.2. The minimum atomic E-state index is -0.959. The van der Waals surface area contributed by atoms with E-state index < -0.39 is 6.10 Å². The summed E-state index contributed by atoms with van der Waals surface area (Å²) in [6, 6.07) is 5.24. The van der Waals surface area contributed by atoms with Crippen molar-refractivity contribution in [3.8, 4) is 0 Å². The van der Waals surface area contributed by atoms with E-state index in [1.54, 1.807) is 12.1 Å². The highest BCUT2D eigenvalue weighted by molar-refractivity contribution is 9.10. The lowest BCUT2D eigenvalue weighted by molar-refractivity contribution is 0.0802. The Hall–Kier alpha value is -1.24. The Kier molecular flexibility index (Phi) is 3.56. The summed E-state index contributed by atoms with van der Waals surface area (Å²) in [5, 5.41) is 18.5. The molecular formula is C11H11BrN2O3. The van der Waals surface area contributed by atoms with E-state index in [9.17, 15) is 9.90 Å². The maximum atomic E-state index is 12.0. The average Bonchev–Trinajstić information content (AvgIpc) is 2.33. The molecular weight excluding hydrogens is 288 g/mol. The fourth-order valence-corrected chi connectivity index (χ4v) is 1.91. The van der Waals surface area contributed by atoms with Gasteiger partial charge in [-0.15, -0.1) is 0 Å². The molecule has 0 amide bonds. The molecule has 90 valence electrons. The maximum Gasteiger partial charge on any atom is 0.261 e. The van der Waals surface area contributed by atoms with Crippen LogP contribution in [0.2, 0.25) is 0 Å². The molecule has 2 rings (SSSR count). The summed E-state index contributed by atoms with van der Waals surface area (Å²) in [6.45, 7) is -0.353. The summed E-state index contributed by atoms with van der Waals surface area (Å²) >= 11 is 3.29. The van der Waals surface area contributed by atoms with Gasteiger partial charge < -0.3 is 10.2 Å². The fraction of sp³-hybridized carbons (Fsp3) is 0.273. The molecule has 0 saturated carbocycles. The molecule has 0 aliphatic rings. The van der Waals surface area contributed by atoms with Crippen molar-refractivity contribution in [2.75, 3.05) is 6.61 Å². The molecule has 1 aromatic heterocycles. The molecule has 0 fully saturated rings. The van der Waals surface area contributed by atoms with Crippen LogP contribution in [0.3, 0.4) is 0 Å². The van der Waals surface area contributed by atoms with E-state index >= 15 is 0 Å². The van der Waals surface area contributed by atoms with E-state index in [2.05, 4.69) is 20.9 Å². The van der Waals surface area contributed by atoms with Gasteiger partial charge >= 0.3 is 0 Å². The largest absolute Gasteiger partial charge is 0.394 e. The van der Waals surface area contributed by atoms with Gasteiger partial charge in [0.05, 0.1) is 36.5 Å². The van der Waals surface area contributed by atoms with Gasteiger partial charge in [0.1, 0.15) is 0 Å². The van der Waals surface area contributed by atoms with Crippen LogP contribution in [-0.4, -0.2) is 32.5 Å². The lowest BCUT2D eigenvalue weighted by atomic mass is 10.2. The van der Waals surface area contributed by atoms with Crippen LogP contribution < -0.4 is 5.56 Å². The van der Waals surface area contributed by atoms with Gasteiger partial charge in [-0.3, -0.25) is 9.36 Å². The van der Waals surface area contributed by atoms with Crippen molar-refractivity contribution in [3.63, 3.8) is 0 Å². The molecule has 0 spiro atoms. The zero-order valence-corrected chi connectivity index (χ0v) is 10.5. The number of aliphatic hydroxyl groups is 2. The molecule has 17 heavy (non-hydrogen) atoms. The summed E-state index contributed by atoms with van der Waals surface area (Å²) < 4.78 is 2.08. The minimum absolute atomic E-state index is 0.0325. The van der Waals surface area contributed by atoms with Crippen molar-refractivity contribution < 1.29 is 10.2 Å². The quantitative estimate of drug-likeness (QED) is 0.866. The predicted molar refractivity (Wildman–Crippen MR) is 66.8 cm³/mol. The standard InChI is InChI=1S/C11H11BrN2O3/c12-7-1-2-10-9(3-7)11(17)14(6-13-10)4-8(16)5-15/h1-3,6,8,15-16H,4-5H2. The lowest BCUT2D eigenvalue weighted by Crippen LogP contribution is -2.28. The Balaban J connectivity index is 2.53. The van der Waals surface area contributed by atoms with Crippen molar-refractivity contribution in [2.45, 2.75) is 12.6 Å². The first-order chi connectivity index (χ1) is 8.11. The van der Waals surface area contributed by atoms with Crippen LogP contribution in [0.25, 0.3) is 10.9 Å². The Bertz CT molecular complexity index is 597. The molecule has 6 heteroatoms. The third-order valence-electron chi connectivity index (χ3n) is 2.40. The first-order valence-corrected chi connectivity index (χ1v) is 5.84. The second kappa shape index (κ2) is 4.95. The predicted octanol–water partition coefficient (Wildman–Crippen LogP) is 0.512. The Morgan fingerprint density at radius 3 is 2.94 bits per heavy atom. The molecule has 1 aromatic carbocycles. The van der Waals surface area contributed by atoms with Crippen LogP contribution in [-0.2, 0) is 6.54 Å². The minimum Gasteiger partial charge on any atom is -0.394 e. The molecule has 0 radical (unpaired) electrons. The van der Waals surface area contributed by atoms with Gasteiger partial charge in [-0.25, -0.2) is 4.98 Å². The highest BCUT2D eigenvalue weighted by atomic mass is 79.9. The van der Waals surface area contributed by atoms with Crippen LogP contribution >= 0.6 is 15.9 Å². The summed E-state index contributed by atoms with van der Waals surface area (Å²) in [5.74, 6) is 0. The van der Waals surface area contributed by atoms with Gasteiger partial charge in [0, 0.05) is 4.47 Å². The molecule has 1 atom stereocenters. The van der Waals surface area contributed by atoms with E-state index in [1.807, 2.05) is 6.07 Å². The average molecular weight is 299 g/mol. The van der Waals surface area contributed by atoms with Gasteiger partial charge in [-0.2, -0.15) is 0 Å². The number of nitrogens with zero attached hydrogens (tertiary/aromatic N) is 2. The van der Waals surface area contributed by atoms with Crippen LogP contribution in [0.4, 0.5) is 0 Å². The number of rotatable bonds is 3. The molecule has 2 aromatic rings. The maximum absolute atomic E-state index is 12.0. The van der Waals surface area contributed by atoms with Crippen molar-refractivity contribution in [1.29, 1.82) is 0 Å². The molecule has 0 aliphatic carbocycles. The van der Waals surface area contributed by atoms with Gasteiger partial charge in [0.2, 0.25) is 0 Å². The molecule has 1 heterocycles. The van der Waals surface area contributed by atoms with E-state index in [4.69, 9.17) is 5.11 Å². The zero-order chi connectivity index (χ0) is 12.4. The fourth-order valence-electron chi connectivity index (χ4n) is 1.55. The second-order valence-corrected chi connectivity index (χ2v) is 4.62. The number of benzene rings is 1. The SMILES string of the molecule is O=c1c2cc(Br)ccc2ncn1CC(O)CO. The Morgan fingerprint density at radius 1 is 1.47 bits per heavy atom. The summed E-state index contributed by atoms with van der Waals surface area (Å²) in [4.78, 5) is 16.2. The zero-order valence-electron chi connectivity index (χ0n) is 8.88. The van der Waals surface area contributed by atoms with Crippen LogP contribution in [0.15, 0.2) is 33.8 Å². The Labute approximate surface area is 105 Å². The monoisotopic (exact) mass is 298 g/mol. The van der Waals surface area contributed by atoms with E-state index in [0.717, 1.165) is 4.47 Å². The third-order valence-corrected chi connectivity index (χ3v) is 2.90. The van der Waals surface area contributed by atoms with Crippen molar-refractivity contribution in [2.24, 2.45) is 0 Å². The molecule has 0 bridgehead atoms. The topological polar surface area (TPSA) is 75.4 Å². The van der Waals surface area contributed by atoms with Gasteiger partial charge in [-0.05, 0) is 18.2 Å². The highest BCUT2D eigenvalue weighted by Crippen LogP contribution is 2.14. The normalized spacial score (nSPS) is 12.9. The van der Waals surface area contributed by atoms with E-state index in [1.165, 1.54) is 10.9 Å². The molecule has 0 aliphatic heterocycles. The van der Waals surface area contributed by atoms with Gasteiger partial charge in [0.25, 0.3) is 5.56 Å². The third kappa shape index (κ3) is 2.54. The Morgan fingerprint density at radius 2 is 2.24 bits per heavy atom. The summed E-state index contributed by atoms with van der Waals surface area (Å²) in [7, 11) is 0. The van der Waals surface area contributed by atoms with Crippen molar-refractivity contribution in [3.05, 3.63) is 39.4 Å². The molecule has 5 nitrogen and oxygen atoms in total. The van der Waals surface area contributed by atoms with Gasteiger partial charge in [-0.1, -0.05) is 15.9 Å². The smallest absolute Gasteiger partial charge is 0.261 e. The van der Waals surface area contributed by atoms with E-state index in [0.29, 0.717) is 10.9 Å². The number of hydrogen-bond donors (Lipinski definition) is 2. The van der Waals surface area contributed by atoms with Gasteiger partial charge in [0.15, 0.2) is 0 Å². The number of halogens is 1. The van der Waals surface area contributed by atoms with E-state index in [-0.39, 0.29) is 18.7 Å². The van der Waals surface area contributed by atoms with Crippen molar-refractivity contribution >= 4 is 26.8 Å². The van der Waals surface area contributed by atoms with Crippen LogP contribution in [0.1, 0.15) is 0 Å². The molecule has 0 saturated heterocycles. The lowest BCUT2D eigenvalue weighted by Gasteiger charge is -2.10. The van der Waals surface area contributed by atoms with Crippen LogP contribution in [0, 0.1) is 0 Å². The molecule has 1 unspecified atom stereocenters. The number of hydrogen-bond acceptors (Lipinski definition) is 4. The number of aromatic nitrogens is 2. The second-order valence-electron chi connectivity index (χ2n) is 3.70. The van der Waals surface area contributed by atoms with Crippen molar-refractivity contribution in [1.82, 2.24) is 9.55 Å². The summed E-state index contributed by atoms with van der Waals surface area (Å²) in [5.41, 5.74) is 0.372. The number of aliphatic hydroxyl groups excluding tert-OH is 2. The highest BCUT2D eigenvalue weighted by Gasteiger charge is 2.08. The number of fused-ring (bicyclic) bond motifs is 1. The van der Waals surface area contributed by atoms with Crippen LogP contribution in [0.5, 0.6) is 0 Å². The molecule has 2 N–H and O–H groups in total. The first-order valence-electron chi connectivity index (χ1n) is 5.05. The summed E-state index contributed by atoms with van der Waals surface area (Å²) in [6.07, 6.45) is 0.413.